The normalized spacial score (nSPS) is 13.5. The number of fused-ring (bicyclic) bond motifs is 1. The zero-order chi connectivity index (χ0) is 61.1. The molecule has 1 heterocycles. The molecule has 0 fully saturated rings. The lowest BCUT2D eigenvalue weighted by Crippen LogP contribution is -2.75. The highest BCUT2D eigenvalue weighted by atomic mass is 80.0. The molecule has 7 aromatic rings. The first-order valence-corrected chi connectivity index (χ1v) is 24.2. The number of nitrogens with zero attached hydrogens (tertiary/aromatic N) is 1. The van der Waals surface area contributed by atoms with Gasteiger partial charge in [-0.2, -0.15) is 132 Å². The number of para-hydroxylation sites is 1. The van der Waals surface area contributed by atoms with Gasteiger partial charge in [-0.1, -0.05) is 91.0 Å². The topological polar surface area (TPSA) is 30.2 Å². The minimum Gasteiger partial charge on any atom is -0.419 e. The monoisotopic (exact) mass is 1370 g/mol. The molecule has 0 bridgehead atoms. The Hall–Kier alpha value is -5.98. The van der Waals surface area contributed by atoms with Crippen LogP contribution in [-0.4, -0.2) is 14.4 Å². The Morgan fingerprint density at radius 2 is 0.642 bits per heavy atom. The van der Waals surface area contributed by atoms with Gasteiger partial charge >= 0.3 is 55.4 Å². The number of benzene rings is 6. The van der Waals surface area contributed by atoms with Gasteiger partial charge in [0.15, 0.2) is 6.54 Å². The Balaban J connectivity index is 0.000000363. The van der Waals surface area contributed by atoms with E-state index in [0.29, 0.717) is 12.2 Å². The van der Waals surface area contributed by atoms with Crippen molar-refractivity contribution in [2.75, 3.05) is 0 Å². The Morgan fingerprint density at radius 3 is 0.914 bits per heavy atom. The molecule has 7 rings (SSSR count). The molecule has 0 radical (unpaired) electrons. The number of carbonyl (C=O) groups is 1. The maximum absolute atomic E-state index is 14.2. The van der Waals surface area contributed by atoms with Gasteiger partial charge in [-0.25, -0.2) is 4.79 Å². The van der Waals surface area contributed by atoms with Crippen molar-refractivity contribution in [3.63, 3.8) is 0 Å². The van der Waals surface area contributed by atoms with E-state index >= 15 is 0 Å². The number of ether oxygens (including phenoxy) is 1. The summed E-state index contributed by atoms with van der Waals surface area (Å²) >= 11 is 9.60. The molecule has 0 unspecified atom stereocenters. The van der Waals surface area contributed by atoms with Crippen molar-refractivity contribution in [2.45, 2.75) is 58.3 Å². The quantitative estimate of drug-likeness (QED) is 0.0523. The van der Waals surface area contributed by atoms with Crippen molar-refractivity contribution in [2.24, 2.45) is 0 Å². The second kappa shape index (κ2) is 22.3. The highest BCUT2D eigenvalue weighted by molar-refractivity contribution is 9.39. The van der Waals surface area contributed by atoms with Crippen molar-refractivity contribution < 1.29 is 119 Å². The van der Waals surface area contributed by atoms with Crippen LogP contribution in [0, 0.1) is 0 Å². The number of pyridine rings is 1. The van der Waals surface area contributed by atoms with E-state index in [4.69, 9.17) is 4.74 Å². The Kier molecular flexibility index (Phi) is 17.7. The Labute approximate surface area is 463 Å². The molecule has 0 N–H and O–H groups in total. The molecular formula is C50H25BBr3F24NO2. The minimum absolute atomic E-state index is 0.442. The first kappa shape index (κ1) is 64.2. The largest absolute Gasteiger partial charge is 0.419 e. The van der Waals surface area contributed by atoms with Crippen LogP contribution in [0.3, 0.4) is 0 Å². The van der Waals surface area contributed by atoms with E-state index in [0.717, 1.165) is 16.5 Å². The first-order valence-electron chi connectivity index (χ1n) is 21.8. The van der Waals surface area contributed by atoms with Gasteiger partial charge in [-0.05, 0) is 84.2 Å². The number of halogens is 27. The molecule has 0 aliphatic carbocycles. The summed E-state index contributed by atoms with van der Waals surface area (Å²) in [6, 6.07) is 12.9. The van der Waals surface area contributed by atoms with Gasteiger partial charge in [0.2, 0.25) is 5.52 Å². The van der Waals surface area contributed by atoms with Crippen molar-refractivity contribution in [1.82, 2.24) is 0 Å². The van der Waals surface area contributed by atoms with E-state index in [1.54, 1.807) is 6.07 Å². The number of carbonyl (C=O) groups excluding carboxylic acids is 1. The van der Waals surface area contributed by atoms with Gasteiger partial charge in [0.05, 0.1) is 44.5 Å². The van der Waals surface area contributed by atoms with Crippen LogP contribution >= 0.6 is 47.8 Å². The highest BCUT2D eigenvalue weighted by Crippen LogP contribution is 2.42. The van der Waals surface area contributed by atoms with Gasteiger partial charge in [-0.15, -0.1) is 0 Å². The van der Waals surface area contributed by atoms with Crippen molar-refractivity contribution in [3.05, 3.63) is 195 Å². The molecule has 81 heavy (non-hydrogen) atoms. The summed E-state index contributed by atoms with van der Waals surface area (Å²) in [6.07, 6.45) is -54.8. The van der Waals surface area contributed by atoms with Crippen LogP contribution in [0.15, 0.2) is 140 Å². The maximum atomic E-state index is 14.2. The third-order valence-electron chi connectivity index (χ3n) is 12.0. The molecular weight excluding hydrogens is 1350 g/mol. The van der Waals surface area contributed by atoms with E-state index in [1.165, 1.54) is 0 Å². The van der Waals surface area contributed by atoms with Crippen molar-refractivity contribution in [3.8, 4) is 0 Å². The van der Waals surface area contributed by atoms with Crippen LogP contribution in [0.1, 0.15) is 60.6 Å². The summed E-state index contributed by atoms with van der Waals surface area (Å²) in [5.74, 6) is -0.442. The van der Waals surface area contributed by atoms with Gasteiger partial charge in [-0.3, -0.25) is 0 Å². The first-order chi connectivity index (χ1) is 36.7. The molecule has 0 saturated heterocycles. The molecule has 434 valence electrons. The second-order valence-electron chi connectivity index (χ2n) is 17.4. The number of aromatic nitrogens is 1. The molecule has 0 atom stereocenters. The summed E-state index contributed by atoms with van der Waals surface area (Å²) in [5, 5.41) is 1.06. The second-order valence-corrected chi connectivity index (χ2v) is 23.9. The van der Waals surface area contributed by atoms with E-state index in [2.05, 4.69) is 47.8 Å². The zero-order valence-electron chi connectivity index (χ0n) is 39.0. The van der Waals surface area contributed by atoms with E-state index < -0.39 is 203 Å². The smallest absolute Gasteiger partial charge is 0.416 e. The summed E-state index contributed by atoms with van der Waals surface area (Å²) < 4.78 is 347. The predicted molar refractivity (Wildman–Crippen MR) is 255 cm³/mol. The summed E-state index contributed by atoms with van der Waals surface area (Å²) in [4.78, 5) is 12.6. The molecule has 3 nitrogen and oxygen atoms in total. The number of hydrogen-bond acceptors (Lipinski definition) is 2. The molecule has 0 aliphatic heterocycles. The summed E-state index contributed by atoms with van der Waals surface area (Å²) in [6.45, 7) is 0.576. The maximum Gasteiger partial charge on any atom is 0.416 e. The van der Waals surface area contributed by atoms with Crippen LogP contribution in [0.25, 0.3) is 10.9 Å². The van der Waals surface area contributed by atoms with E-state index in [1.807, 2.05) is 65.2 Å². The minimum atomic E-state index is -6.13. The van der Waals surface area contributed by atoms with Gasteiger partial charge in [0, 0.05) is 23.1 Å². The fourth-order valence-electron chi connectivity index (χ4n) is 8.61. The average Bonchev–Trinajstić information content (AvgIpc) is 3.04. The van der Waals surface area contributed by atoms with Crippen LogP contribution < -0.4 is 26.4 Å². The van der Waals surface area contributed by atoms with Gasteiger partial charge in [0.1, 0.15) is 6.15 Å². The number of hydrogen-bond donors (Lipinski definition) is 0. The standard InChI is InChI=1S/C32H12BF24.C18H13Br3NO2/c34-25(35,36)13-1-14(26(37,38)39)6-21(5-13)33(22-7-15(27(40,41)42)2-16(8-22)28(43,44)45,23-9-17(29(46,47)48)3-18(10-23)30(49,50)51)24-11-19(31(52,53)54)4-20(12-24)32(55,56)57;19-18(20,21)24-17(23)16-11-10-14-8-4-5-9-15(14)22(16)12-13-6-2-1-3-7-13/h1-12H;1-11H,12H2/q-1;+1. The van der Waals surface area contributed by atoms with Crippen LogP contribution in [0.4, 0.5) is 105 Å². The summed E-state index contributed by atoms with van der Waals surface area (Å²) in [7, 11) is 0. The molecule has 31 heteroatoms. The van der Waals surface area contributed by atoms with Crippen molar-refractivity contribution in [1.29, 1.82) is 0 Å². The fourth-order valence-corrected chi connectivity index (χ4v) is 9.05. The molecule has 1 aromatic heterocycles. The lowest BCUT2D eigenvalue weighted by atomic mass is 9.12. The molecule has 0 saturated carbocycles. The van der Waals surface area contributed by atoms with Crippen LogP contribution in [0.5, 0.6) is 0 Å². The summed E-state index contributed by atoms with van der Waals surface area (Å²) in [5.41, 5.74) is -27.7. The Morgan fingerprint density at radius 1 is 0.370 bits per heavy atom. The number of alkyl halides is 27. The molecule has 6 aromatic carbocycles. The van der Waals surface area contributed by atoms with E-state index in [9.17, 15) is 110 Å². The number of esters is 1. The molecule has 0 amide bonds. The van der Waals surface area contributed by atoms with Crippen molar-refractivity contribution >= 4 is 92.7 Å². The predicted octanol–water partition coefficient (Wildman–Crippen LogP) is 16.3. The Bertz CT molecular complexity index is 3010. The molecule has 0 spiro atoms. The molecule has 0 aliphatic rings. The third kappa shape index (κ3) is 15.2. The zero-order valence-corrected chi connectivity index (χ0v) is 43.8. The lowest BCUT2D eigenvalue weighted by Gasteiger charge is -2.46. The van der Waals surface area contributed by atoms with E-state index in [-0.39, 0.29) is 0 Å². The number of rotatable bonds is 7. The average molecular weight is 1380 g/mol. The van der Waals surface area contributed by atoms with Gasteiger partial charge in [0.25, 0.3) is 8.02 Å². The fraction of sp³-hybridized carbons (Fsp3) is 0.200. The van der Waals surface area contributed by atoms with Crippen LogP contribution in [-0.2, 0) is 60.7 Å². The highest BCUT2D eigenvalue weighted by Gasteiger charge is 2.47. The SMILES string of the molecule is FC(F)(F)c1cc([B-](c2cc(C(F)(F)F)cc(C(F)(F)F)c2)(c2cc(C(F)(F)F)cc(C(F)(F)F)c2)c2cc(C(F)(F)F)cc(C(F)(F)F)c2)cc(C(F)(F)F)c1.O=C(OC(Br)(Br)Br)c1ccc2ccccc2[n+]1Cc1ccccc1. The lowest BCUT2D eigenvalue weighted by molar-refractivity contribution is -0.665. The van der Waals surface area contributed by atoms with Gasteiger partial charge < -0.3 is 4.74 Å². The third-order valence-corrected chi connectivity index (χ3v) is 12.5. The van der Waals surface area contributed by atoms with Crippen LogP contribution in [0.2, 0.25) is 0 Å².